The average Bonchev–Trinajstić information content (AvgIpc) is 2.83. The summed E-state index contributed by atoms with van der Waals surface area (Å²) in [6.45, 7) is 0. The summed E-state index contributed by atoms with van der Waals surface area (Å²) in [5, 5.41) is 26.4. The van der Waals surface area contributed by atoms with Crippen LogP contribution in [0.25, 0.3) is 0 Å². The number of phenols is 1. The second-order valence-electron chi connectivity index (χ2n) is 7.97. The zero-order chi connectivity index (χ0) is 27.3. The van der Waals surface area contributed by atoms with Crippen LogP contribution < -0.4 is 27.4 Å². The Kier molecular flexibility index (Phi) is 13.7. The van der Waals surface area contributed by atoms with E-state index in [1.165, 1.54) is 23.9 Å². The molecule has 12 nitrogen and oxygen atoms in total. The van der Waals surface area contributed by atoms with Gasteiger partial charge in [0.15, 0.2) is 0 Å². The van der Waals surface area contributed by atoms with Crippen molar-refractivity contribution in [2.75, 3.05) is 17.8 Å². The molecule has 0 aliphatic heterocycles. The van der Waals surface area contributed by atoms with Gasteiger partial charge in [-0.2, -0.15) is 24.4 Å². The van der Waals surface area contributed by atoms with E-state index < -0.39 is 53.8 Å². The lowest BCUT2D eigenvalue weighted by Gasteiger charge is -2.24. The van der Waals surface area contributed by atoms with Gasteiger partial charge in [0.1, 0.15) is 23.9 Å². The number of primary amides is 1. The molecule has 0 saturated heterocycles. The molecule has 14 heteroatoms. The molecule has 200 valence electrons. The Morgan fingerprint density at radius 2 is 1.50 bits per heavy atom. The zero-order valence-corrected chi connectivity index (χ0v) is 21.5. The Bertz CT molecular complexity index is 917. The second kappa shape index (κ2) is 15.9. The number of carbonyl (C=O) groups is 5. The lowest BCUT2D eigenvalue weighted by Crippen LogP contribution is -2.58. The van der Waals surface area contributed by atoms with Crippen molar-refractivity contribution in [2.45, 2.75) is 49.9 Å². The van der Waals surface area contributed by atoms with Gasteiger partial charge in [-0.3, -0.25) is 19.2 Å². The summed E-state index contributed by atoms with van der Waals surface area (Å²) in [5.74, 6) is -3.62. The van der Waals surface area contributed by atoms with Gasteiger partial charge in [-0.05, 0) is 42.5 Å². The number of carboxylic acid groups (broad SMARTS) is 1. The number of hydrogen-bond acceptors (Lipinski definition) is 9. The van der Waals surface area contributed by atoms with E-state index in [1.807, 2.05) is 0 Å². The van der Waals surface area contributed by atoms with E-state index in [0.29, 0.717) is 11.3 Å². The van der Waals surface area contributed by atoms with E-state index in [2.05, 4.69) is 28.6 Å². The second-order valence-corrected chi connectivity index (χ2v) is 9.32. The van der Waals surface area contributed by atoms with E-state index in [4.69, 9.17) is 11.5 Å². The lowest BCUT2D eigenvalue weighted by molar-refractivity contribution is -0.142. The van der Waals surface area contributed by atoms with Gasteiger partial charge in [0.25, 0.3) is 0 Å². The largest absolute Gasteiger partial charge is 0.508 e. The molecular formula is C22H33N5O7S2. The minimum atomic E-state index is -1.21. The van der Waals surface area contributed by atoms with Crippen LogP contribution in [-0.4, -0.2) is 81.7 Å². The molecule has 0 fully saturated rings. The summed E-state index contributed by atoms with van der Waals surface area (Å²) >= 11 is 5.51. The molecule has 4 amide bonds. The number of phenolic OH excluding ortho intramolecular Hbond substituents is 1. The number of rotatable bonds is 16. The third-order valence-electron chi connectivity index (χ3n) is 5.09. The summed E-state index contributed by atoms with van der Waals surface area (Å²) < 4.78 is 0. The molecule has 0 saturated carbocycles. The third-order valence-corrected chi connectivity index (χ3v) is 6.10. The van der Waals surface area contributed by atoms with Crippen molar-refractivity contribution >= 4 is 54.0 Å². The molecule has 0 aliphatic rings. The Hall–Kier alpha value is -2.97. The van der Waals surface area contributed by atoms with E-state index in [0.717, 1.165) is 0 Å². The van der Waals surface area contributed by atoms with Gasteiger partial charge in [0, 0.05) is 18.6 Å². The van der Waals surface area contributed by atoms with Crippen LogP contribution in [0.5, 0.6) is 5.75 Å². The smallest absolute Gasteiger partial charge is 0.326 e. The van der Waals surface area contributed by atoms with E-state index in [9.17, 15) is 34.2 Å². The van der Waals surface area contributed by atoms with Crippen LogP contribution in [0.3, 0.4) is 0 Å². The summed E-state index contributed by atoms with van der Waals surface area (Å²) in [7, 11) is 0. The standard InChI is InChI=1S/C22H33N5O7S2/c1-36-9-8-15(22(33)34)25-20(31)16(10-12-2-4-13(28)5-3-12)26-21(32)17(11-35)27-19(30)14(23)6-7-18(24)29/h2-5,14-17,28,35H,6-11,23H2,1H3,(H2,24,29)(H,25,31)(H,26,32)(H,27,30)(H,33,34). The molecule has 4 atom stereocenters. The highest BCUT2D eigenvalue weighted by atomic mass is 32.2. The Labute approximate surface area is 218 Å². The maximum Gasteiger partial charge on any atom is 0.326 e. The predicted octanol–water partition coefficient (Wildman–Crippen LogP) is -1.25. The van der Waals surface area contributed by atoms with Crippen molar-refractivity contribution in [3.63, 3.8) is 0 Å². The number of thiol groups is 1. The number of aromatic hydroxyl groups is 1. The van der Waals surface area contributed by atoms with Gasteiger partial charge in [-0.1, -0.05) is 12.1 Å². The molecule has 0 radical (unpaired) electrons. The third kappa shape index (κ3) is 11.2. The van der Waals surface area contributed by atoms with Crippen LogP contribution in [0.2, 0.25) is 0 Å². The monoisotopic (exact) mass is 543 g/mol. The fourth-order valence-corrected chi connectivity index (χ4v) is 3.74. The first kappa shape index (κ1) is 31.1. The molecule has 36 heavy (non-hydrogen) atoms. The summed E-state index contributed by atoms with van der Waals surface area (Å²) in [4.78, 5) is 60.7. The number of nitrogens with one attached hydrogen (secondary N) is 3. The Balaban J connectivity index is 3.00. The highest BCUT2D eigenvalue weighted by molar-refractivity contribution is 7.98. The van der Waals surface area contributed by atoms with Gasteiger partial charge in [-0.15, -0.1) is 0 Å². The molecule has 0 bridgehead atoms. The van der Waals surface area contributed by atoms with Crippen molar-refractivity contribution in [2.24, 2.45) is 11.5 Å². The van der Waals surface area contributed by atoms with Crippen molar-refractivity contribution in [3.8, 4) is 5.75 Å². The quantitative estimate of drug-likeness (QED) is 0.117. The number of aliphatic carboxylic acids is 1. The van der Waals surface area contributed by atoms with Crippen LogP contribution in [0, 0.1) is 0 Å². The topological polar surface area (TPSA) is 214 Å². The number of carboxylic acids is 1. The van der Waals surface area contributed by atoms with Crippen molar-refractivity contribution in [3.05, 3.63) is 29.8 Å². The summed E-state index contributed by atoms with van der Waals surface area (Å²) in [6, 6.07) is 1.33. The predicted molar refractivity (Wildman–Crippen MR) is 138 cm³/mol. The number of carbonyl (C=O) groups excluding carboxylic acids is 4. The van der Waals surface area contributed by atoms with Crippen LogP contribution in [0.1, 0.15) is 24.8 Å². The van der Waals surface area contributed by atoms with Crippen molar-refractivity contribution in [1.29, 1.82) is 0 Å². The van der Waals surface area contributed by atoms with Gasteiger partial charge >= 0.3 is 5.97 Å². The first-order valence-electron chi connectivity index (χ1n) is 11.0. The number of benzene rings is 1. The van der Waals surface area contributed by atoms with Crippen LogP contribution in [0.4, 0.5) is 0 Å². The maximum atomic E-state index is 13.0. The van der Waals surface area contributed by atoms with E-state index >= 15 is 0 Å². The molecule has 0 aromatic heterocycles. The number of hydrogen-bond donors (Lipinski definition) is 8. The van der Waals surface area contributed by atoms with Crippen LogP contribution in [0.15, 0.2) is 24.3 Å². The molecule has 4 unspecified atom stereocenters. The SMILES string of the molecule is CSCCC(NC(=O)C(Cc1ccc(O)cc1)NC(=O)C(CS)NC(=O)C(N)CCC(N)=O)C(=O)O. The first-order valence-corrected chi connectivity index (χ1v) is 13.1. The molecule has 1 aromatic carbocycles. The van der Waals surface area contributed by atoms with Crippen molar-refractivity contribution < 1.29 is 34.2 Å². The minimum Gasteiger partial charge on any atom is -0.508 e. The average molecular weight is 544 g/mol. The maximum absolute atomic E-state index is 13.0. The molecule has 1 rings (SSSR count). The first-order chi connectivity index (χ1) is 17.0. The van der Waals surface area contributed by atoms with E-state index in [1.54, 1.807) is 18.4 Å². The summed E-state index contributed by atoms with van der Waals surface area (Å²) in [6.07, 6.45) is 1.85. The number of amides is 4. The molecule has 9 N–H and O–H groups in total. The fourth-order valence-electron chi connectivity index (χ4n) is 3.02. The van der Waals surface area contributed by atoms with Gasteiger partial charge < -0.3 is 37.6 Å². The molecular weight excluding hydrogens is 510 g/mol. The highest BCUT2D eigenvalue weighted by Gasteiger charge is 2.30. The van der Waals surface area contributed by atoms with E-state index in [-0.39, 0.29) is 37.2 Å². The number of nitrogens with two attached hydrogens (primary N) is 2. The number of thioether (sulfide) groups is 1. The van der Waals surface area contributed by atoms with Gasteiger partial charge in [-0.25, -0.2) is 4.79 Å². The molecule has 0 aliphatic carbocycles. The Morgan fingerprint density at radius 1 is 0.944 bits per heavy atom. The van der Waals surface area contributed by atoms with Crippen LogP contribution >= 0.6 is 24.4 Å². The molecule has 0 spiro atoms. The van der Waals surface area contributed by atoms with Gasteiger partial charge in [0.05, 0.1) is 6.04 Å². The van der Waals surface area contributed by atoms with Crippen LogP contribution in [-0.2, 0) is 30.4 Å². The molecule has 1 aromatic rings. The highest BCUT2D eigenvalue weighted by Crippen LogP contribution is 2.12. The zero-order valence-electron chi connectivity index (χ0n) is 19.8. The Morgan fingerprint density at radius 3 is 2.03 bits per heavy atom. The van der Waals surface area contributed by atoms with Gasteiger partial charge in [0.2, 0.25) is 23.6 Å². The summed E-state index contributed by atoms with van der Waals surface area (Å²) in [5.41, 5.74) is 11.4. The molecule has 0 heterocycles. The lowest BCUT2D eigenvalue weighted by atomic mass is 10.0. The fraction of sp³-hybridized carbons (Fsp3) is 0.500. The van der Waals surface area contributed by atoms with Crippen molar-refractivity contribution in [1.82, 2.24) is 16.0 Å². The normalized spacial score (nSPS) is 14.1. The minimum absolute atomic E-state index is 0.0114.